The lowest BCUT2D eigenvalue weighted by atomic mass is 10.1. The van der Waals surface area contributed by atoms with Crippen LogP contribution in [0.1, 0.15) is 23.4 Å². The second kappa shape index (κ2) is 11.4. The van der Waals surface area contributed by atoms with Crippen LogP contribution in [0.5, 0.6) is 0 Å². The molecule has 0 fully saturated rings. The Kier molecular flexibility index (Phi) is 9.89. The van der Waals surface area contributed by atoms with Crippen LogP contribution in [-0.4, -0.2) is 35.9 Å². The van der Waals surface area contributed by atoms with Gasteiger partial charge >= 0.3 is 0 Å². The van der Waals surface area contributed by atoms with Crippen LogP contribution in [0.3, 0.4) is 0 Å². The van der Waals surface area contributed by atoms with Crippen molar-refractivity contribution in [2.24, 2.45) is 4.99 Å². The number of nitrogens with zero attached hydrogens (tertiary/aromatic N) is 3. The smallest absolute Gasteiger partial charge is 0.190 e. The predicted molar refractivity (Wildman–Crippen MR) is 116 cm³/mol. The summed E-state index contributed by atoms with van der Waals surface area (Å²) >= 11 is 6.00. The van der Waals surface area contributed by atoms with Gasteiger partial charge in [0.25, 0.3) is 0 Å². The molecule has 5 nitrogen and oxygen atoms in total. The van der Waals surface area contributed by atoms with Crippen LogP contribution in [0.15, 0.2) is 35.3 Å². The summed E-state index contributed by atoms with van der Waals surface area (Å²) in [5.41, 5.74) is 3.49. The van der Waals surface area contributed by atoms with Crippen LogP contribution in [0.2, 0.25) is 5.02 Å². The number of aromatic nitrogens is 2. The monoisotopic (exact) mass is 475 g/mol. The molecular formula is C18H27ClIN5. The van der Waals surface area contributed by atoms with Crippen molar-refractivity contribution in [1.29, 1.82) is 0 Å². The molecule has 0 saturated heterocycles. The zero-order chi connectivity index (χ0) is 17.4. The van der Waals surface area contributed by atoms with E-state index < -0.39 is 0 Å². The third-order valence-corrected chi connectivity index (χ3v) is 4.00. The van der Waals surface area contributed by atoms with Gasteiger partial charge in [-0.2, -0.15) is 5.10 Å². The fourth-order valence-electron chi connectivity index (χ4n) is 2.58. The number of rotatable bonds is 7. The number of guanidine groups is 1. The largest absolute Gasteiger partial charge is 0.356 e. The van der Waals surface area contributed by atoms with Gasteiger partial charge in [0.15, 0.2) is 5.96 Å². The minimum absolute atomic E-state index is 0. The Hall–Kier alpha value is -1.28. The second-order valence-corrected chi connectivity index (χ2v) is 6.25. The molecule has 2 rings (SSSR count). The maximum atomic E-state index is 6.00. The first-order chi connectivity index (χ1) is 11.6. The van der Waals surface area contributed by atoms with E-state index >= 15 is 0 Å². The van der Waals surface area contributed by atoms with E-state index in [1.165, 1.54) is 11.3 Å². The average Bonchev–Trinajstić information content (AvgIpc) is 2.87. The van der Waals surface area contributed by atoms with Gasteiger partial charge in [0, 0.05) is 37.4 Å². The molecule has 7 heteroatoms. The molecule has 0 aliphatic rings. The lowest BCUT2D eigenvalue weighted by Crippen LogP contribution is -2.39. The lowest BCUT2D eigenvalue weighted by molar-refractivity contribution is 0.555. The minimum atomic E-state index is 0. The summed E-state index contributed by atoms with van der Waals surface area (Å²) < 4.78 is 2.05. The quantitative estimate of drug-likeness (QED) is 0.279. The maximum absolute atomic E-state index is 6.00. The van der Waals surface area contributed by atoms with E-state index in [0.29, 0.717) is 0 Å². The van der Waals surface area contributed by atoms with Gasteiger partial charge in [-0.15, -0.1) is 24.0 Å². The SMILES string of the molecule is CN=C(NCCCn1nc(C)cc1C)NCCc1cccc(Cl)c1.I. The second-order valence-electron chi connectivity index (χ2n) is 5.81. The first-order valence-electron chi connectivity index (χ1n) is 8.28. The predicted octanol–water partition coefficient (Wildman–Crippen LogP) is 3.57. The highest BCUT2D eigenvalue weighted by atomic mass is 127. The molecule has 0 atom stereocenters. The van der Waals surface area contributed by atoms with Crippen molar-refractivity contribution in [3.8, 4) is 0 Å². The third-order valence-electron chi connectivity index (χ3n) is 3.76. The van der Waals surface area contributed by atoms with Crippen LogP contribution in [0, 0.1) is 13.8 Å². The van der Waals surface area contributed by atoms with Crippen molar-refractivity contribution >= 4 is 41.5 Å². The van der Waals surface area contributed by atoms with Gasteiger partial charge in [0.1, 0.15) is 0 Å². The van der Waals surface area contributed by atoms with E-state index in [2.05, 4.69) is 39.8 Å². The van der Waals surface area contributed by atoms with Gasteiger partial charge in [0.05, 0.1) is 5.69 Å². The van der Waals surface area contributed by atoms with Gasteiger partial charge in [-0.3, -0.25) is 9.67 Å². The molecule has 0 radical (unpaired) electrons. The fourth-order valence-corrected chi connectivity index (χ4v) is 2.79. The Labute approximate surface area is 172 Å². The first kappa shape index (κ1) is 21.8. The van der Waals surface area contributed by atoms with E-state index in [9.17, 15) is 0 Å². The molecule has 25 heavy (non-hydrogen) atoms. The van der Waals surface area contributed by atoms with E-state index in [0.717, 1.165) is 49.2 Å². The zero-order valence-corrected chi connectivity index (χ0v) is 18.1. The van der Waals surface area contributed by atoms with E-state index in [1.54, 1.807) is 7.05 Å². The Morgan fingerprint density at radius 1 is 1.20 bits per heavy atom. The van der Waals surface area contributed by atoms with Crippen LogP contribution >= 0.6 is 35.6 Å². The summed E-state index contributed by atoms with van der Waals surface area (Å²) in [7, 11) is 1.79. The number of nitrogens with one attached hydrogen (secondary N) is 2. The number of aryl methyl sites for hydroxylation is 3. The highest BCUT2D eigenvalue weighted by molar-refractivity contribution is 14.0. The van der Waals surface area contributed by atoms with Gasteiger partial charge < -0.3 is 10.6 Å². The molecule has 0 bridgehead atoms. The zero-order valence-electron chi connectivity index (χ0n) is 15.1. The molecule has 0 amide bonds. The summed E-state index contributed by atoms with van der Waals surface area (Å²) in [5, 5.41) is 11.9. The maximum Gasteiger partial charge on any atom is 0.190 e. The topological polar surface area (TPSA) is 54.2 Å². The number of halogens is 2. The number of aliphatic imine (C=N–C) groups is 1. The molecule has 0 aliphatic carbocycles. The Bertz CT molecular complexity index is 684. The number of benzene rings is 1. The molecular weight excluding hydrogens is 449 g/mol. The molecule has 1 aromatic carbocycles. The summed E-state index contributed by atoms with van der Waals surface area (Å²) in [4.78, 5) is 4.25. The summed E-state index contributed by atoms with van der Waals surface area (Å²) in [5.74, 6) is 0.824. The Balaban J connectivity index is 0.00000312. The van der Waals surface area contributed by atoms with Gasteiger partial charge in [0.2, 0.25) is 0 Å². The number of hydrogen-bond donors (Lipinski definition) is 2. The van der Waals surface area contributed by atoms with Crippen molar-refractivity contribution in [3.05, 3.63) is 52.3 Å². The molecule has 0 aliphatic heterocycles. The molecule has 0 unspecified atom stereocenters. The van der Waals surface area contributed by atoms with Crippen molar-refractivity contribution < 1.29 is 0 Å². The van der Waals surface area contributed by atoms with Gasteiger partial charge in [-0.25, -0.2) is 0 Å². The Morgan fingerprint density at radius 2 is 1.96 bits per heavy atom. The molecule has 1 aromatic heterocycles. The van der Waals surface area contributed by atoms with Gasteiger partial charge in [-0.05, 0) is 50.5 Å². The summed E-state index contributed by atoms with van der Waals surface area (Å²) in [6.45, 7) is 6.69. The highest BCUT2D eigenvalue weighted by Crippen LogP contribution is 2.10. The molecule has 0 saturated carbocycles. The van der Waals surface area contributed by atoms with Crippen molar-refractivity contribution in [1.82, 2.24) is 20.4 Å². The van der Waals surface area contributed by atoms with Crippen molar-refractivity contribution in [3.63, 3.8) is 0 Å². The van der Waals surface area contributed by atoms with E-state index in [1.807, 2.05) is 29.8 Å². The average molecular weight is 476 g/mol. The lowest BCUT2D eigenvalue weighted by Gasteiger charge is -2.12. The first-order valence-corrected chi connectivity index (χ1v) is 8.66. The van der Waals surface area contributed by atoms with Crippen molar-refractivity contribution in [2.45, 2.75) is 33.2 Å². The molecule has 0 spiro atoms. The van der Waals surface area contributed by atoms with Crippen LogP contribution in [0.4, 0.5) is 0 Å². The van der Waals surface area contributed by atoms with Crippen LogP contribution in [0.25, 0.3) is 0 Å². The highest BCUT2D eigenvalue weighted by Gasteiger charge is 2.01. The van der Waals surface area contributed by atoms with Crippen LogP contribution < -0.4 is 10.6 Å². The minimum Gasteiger partial charge on any atom is -0.356 e. The summed E-state index contributed by atoms with van der Waals surface area (Å²) in [6, 6.07) is 10.0. The van der Waals surface area contributed by atoms with E-state index in [-0.39, 0.29) is 24.0 Å². The molecule has 2 aromatic rings. The third kappa shape index (κ3) is 7.64. The summed E-state index contributed by atoms with van der Waals surface area (Å²) in [6.07, 6.45) is 1.91. The normalized spacial score (nSPS) is 11.1. The van der Waals surface area contributed by atoms with Crippen molar-refractivity contribution in [2.75, 3.05) is 20.1 Å². The standard InChI is InChI=1S/C18H26ClN5.HI/c1-14-12-15(2)24(23-14)11-5-9-21-18(20-3)22-10-8-16-6-4-7-17(19)13-16;/h4,6-7,12-13H,5,8-11H2,1-3H3,(H2,20,21,22);1H. The van der Waals surface area contributed by atoms with Gasteiger partial charge in [-0.1, -0.05) is 23.7 Å². The Morgan fingerprint density at radius 3 is 2.60 bits per heavy atom. The fraction of sp³-hybridized carbons (Fsp3) is 0.444. The molecule has 138 valence electrons. The molecule has 1 heterocycles. The molecule has 2 N–H and O–H groups in total. The number of hydrogen-bond acceptors (Lipinski definition) is 2. The van der Waals surface area contributed by atoms with E-state index in [4.69, 9.17) is 11.6 Å². The van der Waals surface area contributed by atoms with Crippen LogP contribution in [-0.2, 0) is 13.0 Å².